The monoisotopic (exact) mass is 271 g/mol. The van der Waals surface area contributed by atoms with Crippen molar-refractivity contribution in [3.8, 4) is 0 Å². The van der Waals surface area contributed by atoms with Gasteiger partial charge in [-0.2, -0.15) is 0 Å². The summed E-state index contributed by atoms with van der Waals surface area (Å²) in [5.74, 6) is -0.279. The van der Waals surface area contributed by atoms with E-state index >= 15 is 0 Å². The number of carbonyl (C=O) groups excluding carboxylic acids is 1. The number of carbonyl (C=O) groups is 1. The highest BCUT2D eigenvalue weighted by molar-refractivity contribution is 6.30. The van der Waals surface area contributed by atoms with Crippen LogP contribution in [0.5, 0.6) is 0 Å². The summed E-state index contributed by atoms with van der Waals surface area (Å²) >= 11 is 5.82. The smallest absolute Gasteiger partial charge is 0.338 e. The van der Waals surface area contributed by atoms with Crippen molar-refractivity contribution in [2.75, 3.05) is 0 Å². The average molecular weight is 272 g/mol. The van der Waals surface area contributed by atoms with Gasteiger partial charge in [-0.25, -0.2) is 4.79 Å². The van der Waals surface area contributed by atoms with Gasteiger partial charge < -0.3 is 4.74 Å². The Morgan fingerprint density at radius 3 is 2.74 bits per heavy atom. The molecule has 0 spiro atoms. The molecule has 1 heterocycles. The van der Waals surface area contributed by atoms with Crippen LogP contribution in [0.2, 0.25) is 5.02 Å². The second-order valence-electron chi connectivity index (χ2n) is 4.19. The van der Waals surface area contributed by atoms with E-state index in [1.54, 1.807) is 18.3 Å². The van der Waals surface area contributed by atoms with Crippen LogP contribution in [0.25, 0.3) is 0 Å². The van der Waals surface area contributed by atoms with Gasteiger partial charge in [0.2, 0.25) is 0 Å². The van der Waals surface area contributed by atoms with Crippen LogP contribution in [0.4, 0.5) is 5.69 Å². The third-order valence-corrected chi connectivity index (χ3v) is 3.19. The van der Waals surface area contributed by atoms with Crippen molar-refractivity contribution in [1.82, 2.24) is 0 Å². The second-order valence-corrected chi connectivity index (χ2v) is 4.63. The number of rotatable bonds is 2. The molecule has 1 aliphatic heterocycles. The van der Waals surface area contributed by atoms with Gasteiger partial charge in [-0.3, -0.25) is 4.99 Å². The van der Waals surface area contributed by atoms with E-state index in [2.05, 4.69) is 4.99 Å². The number of hydrogen-bond donors (Lipinski definition) is 0. The molecule has 0 atom stereocenters. The van der Waals surface area contributed by atoms with Crippen LogP contribution in [0.1, 0.15) is 21.5 Å². The van der Waals surface area contributed by atoms with Crippen LogP contribution in [0.3, 0.4) is 0 Å². The lowest BCUT2D eigenvalue weighted by atomic mass is 10.1. The number of nitrogens with zero attached hydrogens (tertiary/aromatic N) is 1. The molecule has 1 aliphatic rings. The molecule has 0 N–H and O–H groups in total. The van der Waals surface area contributed by atoms with Crippen molar-refractivity contribution in [2.45, 2.75) is 6.61 Å². The van der Waals surface area contributed by atoms with Crippen LogP contribution in [0.15, 0.2) is 47.5 Å². The third kappa shape index (κ3) is 2.37. The molecule has 19 heavy (non-hydrogen) atoms. The Bertz CT molecular complexity index is 662. The first-order chi connectivity index (χ1) is 9.24. The number of esters is 1. The first-order valence-electron chi connectivity index (χ1n) is 5.83. The fourth-order valence-corrected chi connectivity index (χ4v) is 2.07. The summed E-state index contributed by atoms with van der Waals surface area (Å²) in [5, 5.41) is 0.691. The molecule has 2 aromatic rings. The Labute approximate surface area is 115 Å². The van der Waals surface area contributed by atoms with E-state index in [4.69, 9.17) is 16.3 Å². The molecule has 94 valence electrons. The number of ether oxygens (including phenoxy) is 1. The standard InChI is InChI=1S/C15H10ClNO2/c16-11-6-4-10(5-7-11)8-17-14-3-1-2-12-13(14)9-19-15(12)18/h1-8H,9H2/b17-8+. The van der Waals surface area contributed by atoms with Gasteiger partial charge in [0.05, 0.1) is 11.3 Å². The quantitative estimate of drug-likeness (QED) is 0.616. The van der Waals surface area contributed by atoms with Crippen molar-refractivity contribution < 1.29 is 9.53 Å². The molecule has 0 bridgehead atoms. The molecule has 0 radical (unpaired) electrons. The normalized spacial score (nSPS) is 13.6. The Morgan fingerprint density at radius 2 is 1.95 bits per heavy atom. The van der Waals surface area contributed by atoms with Gasteiger partial charge in [-0.15, -0.1) is 0 Å². The number of hydrogen-bond acceptors (Lipinski definition) is 3. The summed E-state index contributed by atoms with van der Waals surface area (Å²) in [5.41, 5.74) is 3.16. The van der Waals surface area contributed by atoms with Crippen molar-refractivity contribution in [2.24, 2.45) is 4.99 Å². The maximum atomic E-state index is 11.4. The van der Waals surface area contributed by atoms with E-state index in [9.17, 15) is 4.79 Å². The first kappa shape index (κ1) is 11.9. The lowest BCUT2D eigenvalue weighted by molar-refractivity contribution is 0.0535. The predicted octanol–water partition coefficient (Wildman–Crippen LogP) is 3.76. The first-order valence-corrected chi connectivity index (χ1v) is 6.20. The van der Waals surface area contributed by atoms with Crippen LogP contribution in [0, 0.1) is 0 Å². The number of fused-ring (bicyclic) bond motifs is 1. The van der Waals surface area contributed by atoms with E-state index in [0.717, 1.165) is 16.8 Å². The van der Waals surface area contributed by atoms with E-state index < -0.39 is 0 Å². The molecular weight excluding hydrogens is 262 g/mol. The fraction of sp³-hybridized carbons (Fsp3) is 0.0667. The summed E-state index contributed by atoms with van der Waals surface area (Å²) in [7, 11) is 0. The largest absolute Gasteiger partial charge is 0.457 e. The topological polar surface area (TPSA) is 38.7 Å². The van der Waals surface area contributed by atoms with Gasteiger partial charge in [0.1, 0.15) is 6.61 Å². The van der Waals surface area contributed by atoms with Gasteiger partial charge in [-0.1, -0.05) is 29.8 Å². The molecule has 0 aliphatic carbocycles. The van der Waals surface area contributed by atoms with Crippen LogP contribution >= 0.6 is 11.6 Å². The highest BCUT2D eigenvalue weighted by Crippen LogP contribution is 2.29. The highest BCUT2D eigenvalue weighted by atomic mass is 35.5. The number of aliphatic imine (C=N–C) groups is 1. The fourth-order valence-electron chi connectivity index (χ4n) is 1.95. The second kappa shape index (κ2) is 4.86. The van der Waals surface area contributed by atoms with E-state index in [1.807, 2.05) is 30.3 Å². The third-order valence-electron chi connectivity index (χ3n) is 2.94. The zero-order chi connectivity index (χ0) is 13.2. The maximum Gasteiger partial charge on any atom is 0.338 e. The van der Waals surface area contributed by atoms with E-state index in [1.165, 1.54) is 0 Å². The molecule has 0 unspecified atom stereocenters. The molecule has 0 amide bonds. The molecular formula is C15H10ClNO2. The predicted molar refractivity (Wildman–Crippen MR) is 74.3 cm³/mol. The summed E-state index contributed by atoms with van der Waals surface area (Å²) in [6.45, 7) is 0.294. The van der Waals surface area contributed by atoms with Gasteiger partial charge in [-0.05, 0) is 29.8 Å². The Kier molecular flexibility index (Phi) is 3.05. The molecule has 3 nitrogen and oxygen atoms in total. The zero-order valence-electron chi connectivity index (χ0n) is 9.97. The van der Waals surface area contributed by atoms with Gasteiger partial charge in [0, 0.05) is 16.8 Å². The molecule has 4 heteroatoms. The Morgan fingerprint density at radius 1 is 1.16 bits per heavy atom. The minimum absolute atomic E-state index is 0.279. The molecule has 3 rings (SSSR count). The lowest BCUT2D eigenvalue weighted by Crippen LogP contribution is -1.92. The van der Waals surface area contributed by atoms with Gasteiger partial charge in [0.25, 0.3) is 0 Å². The number of benzene rings is 2. The van der Waals surface area contributed by atoms with Gasteiger partial charge >= 0.3 is 5.97 Å². The Hall–Kier alpha value is -2.13. The molecule has 0 fully saturated rings. The Balaban J connectivity index is 1.92. The van der Waals surface area contributed by atoms with Crippen molar-refractivity contribution >= 4 is 29.5 Å². The summed E-state index contributed by atoms with van der Waals surface area (Å²) in [6, 6.07) is 12.8. The highest BCUT2D eigenvalue weighted by Gasteiger charge is 2.22. The summed E-state index contributed by atoms with van der Waals surface area (Å²) < 4.78 is 5.00. The molecule has 2 aromatic carbocycles. The summed E-state index contributed by atoms with van der Waals surface area (Å²) in [6.07, 6.45) is 1.74. The van der Waals surface area contributed by atoms with E-state index in [-0.39, 0.29) is 5.97 Å². The average Bonchev–Trinajstić information content (AvgIpc) is 2.81. The lowest BCUT2D eigenvalue weighted by Gasteiger charge is -1.99. The van der Waals surface area contributed by atoms with Crippen molar-refractivity contribution in [3.63, 3.8) is 0 Å². The van der Waals surface area contributed by atoms with Crippen LogP contribution in [-0.2, 0) is 11.3 Å². The minimum atomic E-state index is -0.279. The minimum Gasteiger partial charge on any atom is -0.457 e. The molecule has 0 saturated carbocycles. The van der Waals surface area contributed by atoms with Crippen LogP contribution < -0.4 is 0 Å². The zero-order valence-corrected chi connectivity index (χ0v) is 10.7. The summed E-state index contributed by atoms with van der Waals surface area (Å²) in [4.78, 5) is 15.9. The van der Waals surface area contributed by atoms with Crippen molar-refractivity contribution in [3.05, 3.63) is 64.2 Å². The van der Waals surface area contributed by atoms with E-state index in [0.29, 0.717) is 17.2 Å². The number of cyclic esters (lactones) is 1. The SMILES string of the molecule is O=C1OCc2c(/N=C/c3ccc(Cl)cc3)cccc21. The van der Waals surface area contributed by atoms with Gasteiger partial charge in [0.15, 0.2) is 0 Å². The van der Waals surface area contributed by atoms with Crippen molar-refractivity contribution in [1.29, 1.82) is 0 Å². The maximum absolute atomic E-state index is 11.4. The molecule has 0 saturated heterocycles. The molecule has 0 aromatic heterocycles. The number of halogens is 1. The van der Waals surface area contributed by atoms with Crippen LogP contribution in [-0.4, -0.2) is 12.2 Å².